The number of likely N-dealkylation sites (N-methyl/N-ethyl adjacent to an activating group) is 1. The van der Waals surface area contributed by atoms with Crippen LogP contribution in [0.4, 0.5) is 4.79 Å². The summed E-state index contributed by atoms with van der Waals surface area (Å²) in [5, 5.41) is 10.2. The summed E-state index contributed by atoms with van der Waals surface area (Å²) in [7, 11) is 1.86. The van der Waals surface area contributed by atoms with Crippen molar-refractivity contribution in [2.45, 2.75) is 31.6 Å². The molecule has 0 saturated carbocycles. The van der Waals surface area contributed by atoms with Gasteiger partial charge in [-0.3, -0.25) is 0 Å². The lowest BCUT2D eigenvalue weighted by molar-refractivity contribution is 0.00337. The third-order valence-electron chi connectivity index (χ3n) is 5.14. The normalized spacial score (nSPS) is 21.1. The third-order valence-corrected chi connectivity index (χ3v) is 5.14. The molecule has 0 aliphatic carbocycles. The van der Waals surface area contributed by atoms with Gasteiger partial charge in [-0.1, -0.05) is 30.3 Å². The average molecular weight is 347 g/mol. The number of piperidine rings is 1. The number of ether oxygens (including phenoxy) is 1. The Bertz CT molecular complexity index is 546. The number of β-amino-alcohol motifs (C(OH)–C–C–N with tert-alkyl or cyclic N) is 1. The Balaban J connectivity index is 1.34. The number of benzene rings is 1. The molecule has 0 bridgehead atoms. The van der Waals surface area contributed by atoms with Gasteiger partial charge in [0.15, 0.2) is 0 Å². The molecule has 25 heavy (non-hydrogen) atoms. The zero-order chi connectivity index (χ0) is 17.6. The minimum atomic E-state index is -0.472. The number of rotatable bonds is 7. The molecule has 0 radical (unpaired) electrons. The predicted molar refractivity (Wildman–Crippen MR) is 96.3 cm³/mol. The van der Waals surface area contributed by atoms with Crippen molar-refractivity contribution in [3.05, 3.63) is 35.9 Å². The summed E-state index contributed by atoms with van der Waals surface area (Å²) < 4.78 is 5.62. The minimum Gasteiger partial charge on any atom is -0.389 e. The largest absolute Gasteiger partial charge is 0.389 e. The van der Waals surface area contributed by atoms with Gasteiger partial charge in [0, 0.05) is 45.8 Å². The van der Waals surface area contributed by atoms with E-state index in [1.54, 1.807) is 4.90 Å². The van der Waals surface area contributed by atoms with Gasteiger partial charge in [-0.25, -0.2) is 4.79 Å². The molecule has 1 aromatic rings. The summed E-state index contributed by atoms with van der Waals surface area (Å²) in [4.78, 5) is 18.2. The fourth-order valence-corrected chi connectivity index (χ4v) is 3.66. The van der Waals surface area contributed by atoms with E-state index in [1.807, 2.05) is 42.3 Å². The molecule has 2 saturated heterocycles. The Morgan fingerprint density at radius 1 is 1.16 bits per heavy atom. The summed E-state index contributed by atoms with van der Waals surface area (Å²) in [5.74, 6) is 0. The summed E-state index contributed by atoms with van der Waals surface area (Å²) >= 11 is 0. The first kappa shape index (κ1) is 18.2. The predicted octanol–water partition coefficient (Wildman–Crippen LogP) is 1.40. The van der Waals surface area contributed by atoms with E-state index in [4.69, 9.17) is 4.74 Å². The van der Waals surface area contributed by atoms with E-state index in [0.717, 1.165) is 44.6 Å². The maximum atomic E-state index is 12.1. The molecule has 2 amide bonds. The van der Waals surface area contributed by atoms with Crippen molar-refractivity contribution in [2.24, 2.45) is 0 Å². The second-order valence-corrected chi connectivity index (χ2v) is 7.08. The van der Waals surface area contributed by atoms with Crippen molar-refractivity contribution in [1.29, 1.82) is 0 Å². The molecule has 6 heteroatoms. The van der Waals surface area contributed by atoms with Crippen LogP contribution >= 0.6 is 0 Å². The second-order valence-electron chi connectivity index (χ2n) is 7.08. The zero-order valence-electron chi connectivity index (χ0n) is 15.0. The molecule has 1 atom stereocenters. The van der Waals surface area contributed by atoms with Crippen LogP contribution in [0.2, 0.25) is 0 Å². The van der Waals surface area contributed by atoms with Gasteiger partial charge in [0.1, 0.15) is 0 Å². The van der Waals surface area contributed by atoms with Gasteiger partial charge in [0.25, 0.3) is 0 Å². The fraction of sp³-hybridized carbons (Fsp3) is 0.632. The number of nitrogens with zero attached hydrogens (tertiary/aromatic N) is 3. The van der Waals surface area contributed by atoms with Crippen LogP contribution in [0.5, 0.6) is 0 Å². The summed E-state index contributed by atoms with van der Waals surface area (Å²) in [6, 6.07) is 10.5. The minimum absolute atomic E-state index is 0.160. The molecule has 0 spiro atoms. The van der Waals surface area contributed by atoms with Crippen molar-refractivity contribution in [2.75, 3.05) is 46.4 Å². The number of urea groups is 1. The van der Waals surface area contributed by atoms with E-state index < -0.39 is 6.10 Å². The van der Waals surface area contributed by atoms with Gasteiger partial charge < -0.3 is 24.5 Å². The van der Waals surface area contributed by atoms with Gasteiger partial charge in [-0.15, -0.1) is 0 Å². The summed E-state index contributed by atoms with van der Waals surface area (Å²) in [6.45, 7) is 5.04. The number of carbonyl (C=O) groups excluding carboxylic acids is 1. The van der Waals surface area contributed by atoms with E-state index in [9.17, 15) is 9.90 Å². The zero-order valence-corrected chi connectivity index (χ0v) is 15.0. The number of aliphatic hydroxyl groups is 1. The monoisotopic (exact) mass is 347 g/mol. The molecule has 1 N–H and O–H groups in total. The number of likely N-dealkylation sites (tertiary alicyclic amines) is 1. The maximum Gasteiger partial charge on any atom is 0.320 e. The first-order valence-corrected chi connectivity index (χ1v) is 9.17. The van der Waals surface area contributed by atoms with E-state index in [1.165, 1.54) is 0 Å². The topological polar surface area (TPSA) is 56.3 Å². The van der Waals surface area contributed by atoms with Gasteiger partial charge in [0.2, 0.25) is 0 Å². The quantitative estimate of drug-likeness (QED) is 0.810. The molecule has 138 valence electrons. The SMILES string of the molecule is CN1CCN(C2CCN(C[C@H](O)COCc3ccccc3)CC2)C1=O. The molecule has 2 fully saturated rings. The first-order valence-electron chi connectivity index (χ1n) is 9.17. The lowest BCUT2D eigenvalue weighted by atomic mass is 10.0. The summed E-state index contributed by atoms with van der Waals surface area (Å²) in [5.41, 5.74) is 1.12. The third kappa shape index (κ3) is 4.93. The number of hydrogen-bond acceptors (Lipinski definition) is 4. The van der Waals surface area contributed by atoms with Crippen molar-refractivity contribution < 1.29 is 14.6 Å². The fourth-order valence-electron chi connectivity index (χ4n) is 3.66. The van der Waals surface area contributed by atoms with Gasteiger partial charge in [-0.2, -0.15) is 0 Å². The van der Waals surface area contributed by atoms with Crippen LogP contribution < -0.4 is 0 Å². The molecule has 0 aromatic heterocycles. The van der Waals surface area contributed by atoms with Crippen molar-refractivity contribution in [1.82, 2.24) is 14.7 Å². The summed E-state index contributed by atoms with van der Waals surface area (Å²) in [6.07, 6.45) is 1.49. The van der Waals surface area contributed by atoms with Crippen LogP contribution in [0.3, 0.4) is 0 Å². The molecule has 1 aromatic carbocycles. The molecule has 2 aliphatic heterocycles. The molecular weight excluding hydrogens is 318 g/mol. The highest BCUT2D eigenvalue weighted by atomic mass is 16.5. The van der Waals surface area contributed by atoms with Crippen LogP contribution in [0, 0.1) is 0 Å². The maximum absolute atomic E-state index is 12.1. The van der Waals surface area contributed by atoms with E-state index in [0.29, 0.717) is 25.8 Å². The highest BCUT2D eigenvalue weighted by Crippen LogP contribution is 2.20. The molecule has 2 aliphatic rings. The molecule has 0 unspecified atom stereocenters. The van der Waals surface area contributed by atoms with E-state index >= 15 is 0 Å². The number of aliphatic hydroxyl groups excluding tert-OH is 1. The van der Waals surface area contributed by atoms with Crippen molar-refractivity contribution in [3.8, 4) is 0 Å². The smallest absolute Gasteiger partial charge is 0.320 e. The number of hydrogen-bond donors (Lipinski definition) is 1. The Labute approximate surface area is 150 Å². The lowest BCUT2D eigenvalue weighted by Crippen LogP contribution is -2.48. The van der Waals surface area contributed by atoms with Gasteiger partial charge in [-0.05, 0) is 18.4 Å². The van der Waals surface area contributed by atoms with Crippen LogP contribution in [-0.4, -0.2) is 84.4 Å². The van der Waals surface area contributed by atoms with Crippen LogP contribution in [0.1, 0.15) is 18.4 Å². The average Bonchev–Trinajstić information content (AvgIpc) is 2.96. The second kappa shape index (κ2) is 8.65. The Morgan fingerprint density at radius 2 is 1.88 bits per heavy atom. The van der Waals surface area contributed by atoms with Crippen LogP contribution in [0.25, 0.3) is 0 Å². The van der Waals surface area contributed by atoms with Crippen molar-refractivity contribution >= 4 is 6.03 Å². The number of amides is 2. The highest BCUT2D eigenvalue weighted by Gasteiger charge is 2.33. The van der Waals surface area contributed by atoms with Crippen LogP contribution in [-0.2, 0) is 11.3 Å². The van der Waals surface area contributed by atoms with E-state index in [2.05, 4.69) is 4.90 Å². The Kier molecular flexibility index (Phi) is 6.29. The molecule has 6 nitrogen and oxygen atoms in total. The molecule has 2 heterocycles. The molecule has 3 rings (SSSR count). The standard InChI is InChI=1S/C19H29N3O3/c1-20-11-12-22(19(20)24)17-7-9-21(10-8-17)13-18(23)15-25-14-16-5-3-2-4-6-16/h2-6,17-18,23H,7-15H2,1H3/t18-/m0/s1. The first-order chi connectivity index (χ1) is 12.1. The Hall–Kier alpha value is -1.63. The number of carbonyl (C=O) groups is 1. The highest BCUT2D eigenvalue weighted by molar-refractivity contribution is 5.76. The van der Waals surface area contributed by atoms with Gasteiger partial charge >= 0.3 is 6.03 Å². The lowest BCUT2D eigenvalue weighted by Gasteiger charge is -2.37. The van der Waals surface area contributed by atoms with Crippen LogP contribution in [0.15, 0.2) is 30.3 Å². The van der Waals surface area contributed by atoms with Crippen molar-refractivity contribution in [3.63, 3.8) is 0 Å². The van der Waals surface area contributed by atoms with Gasteiger partial charge in [0.05, 0.1) is 19.3 Å². The molecular formula is C19H29N3O3. The Morgan fingerprint density at radius 3 is 2.52 bits per heavy atom. The van der Waals surface area contributed by atoms with E-state index in [-0.39, 0.29) is 6.03 Å².